The highest BCUT2D eigenvalue weighted by molar-refractivity contribution is 5.95. The lowest BCUT2D eigenvalue weighted by atomic mass is 10.1. The van der Waals surface area contributed by atoms with Crippen molar-refractivity contribution in [3.8, 4) is 11.5 Å². The first-order valence-electron chi connectivity index (χ1n) is 6.18. The number of carbonyl (C=O) groups excluding carboxylic acids is 1. The molecule has 1 saturated carbocycles. The summed E-state index contributed by atoms with van der Waals surface area (Å²) in [4.78, 5) is 12.1. The minimum absolute atomic E-state index is 0.0860. The van der Waals surface area contributed by atoms with Gasteiger partial charge in [-0.3, -0.25) is 4.79 Å². The van der Waals surface area contributed by atoms with E-state index in [-0.39, 0.29) is 18.7 Å². The molecule has 0 aromatic heterocycles. The molecule has 1 amide bonds. The molecule has 1 unspecified atom stereocenters. The number of amides is 1. The van der Waals surface area contributed by atoms with Crippen molar-refractivity contribution in [1.29, 1.82) is 0 Å². The Hall–Kier alpha value is -1.75. The third-order valence-corrected chi connectivity index (χ3v) is 3.40. The van der Waals surface area contributed by atoms with Gasteiger partial charge in [-0.15, -0.1) is 0 Å². The molecular weight excluding hydrogens is 232 g/mol. The summed E-state index contributed by atoms with van der Waals surface area (Å²) in [7, 11) is 0. The van der Waals surface area contributed by atoms with Crippen LogP contribution in [0.4, 0.5) is 0 Å². The Balaban J connectivity index is 1.71. The van der Waals surface area contributed by atoms with Crippen molar-refractivity contribution in [3.05, 3.63) is 23.8 Å². The lowest BCUT2D eigenvalue weighted by Gasteiger charge is -2.16. The van der Waals surface area contributed by atoms with Crippen LogP contribution in [0, 0.1) is 5.92 Å². The second kappa shape index (κ2) is 4.49. The van der Waals surface area contributed by atoms with E-state index in [0.717, 1.165) is 12.8 Å². The van der Waals surface area contributed by atoms with Gasteiger partial charge < -0.3 is 20.5 Å². The number of hydrogen-bond donors (Lipinski definition) is 2. The van der Waals surface area contributed by atoms with Crippen LogP contribution in [0.2, 0.25) is 0 Å². The first kappa shape index (κ1) is 11.3. The smallest absolute Gasteiger partial charge is 0.251 e. The zero-order valence-corrected chi connectivity index (χ0v) is 10.0. The molecule has 5 heteroatoms. The molecule has 3 rings (SSSR count). The highest BCUT2D eigenvalue weighted by Crippen LogP contribution is 2.34. The summed E-state index contributed by atoms with van der Waals surface area (Å²) in [5.41, 5.74) is 6.25. The Bertz CT molecular complexity index is 471. The summed E-state index contributed by atoms with van der Waals surface area (Å²) in [6, 6.07) is 5.29. The van der Waals surface area contributed by atoms with E-state index in [0.29, 0.717) is 29.5 Å². The maximum atomic E-state index is 12.1. The Morgan fingerprint density at radius 1 is 1.39 bits per heavy atom. The average Bonchev–Trinajstić information content (AvgIpc) is 3.12. The third-order valence-electron chi connectivity index (χ3n) is 3.40. The van der Waals surface area contributed by atoms with Crippen molar-refractivity contribution in [3.63, 3.8) is 0 Å². The molecule has 1 aliphatic heterocycles. The van der Waals surface area contributed by atoms with Gasteiger partial charge in [-0.2, -0.15) is 0 Å². The van der Waals surface area contributed by atoms with Gasteiger partial charge in [0, 0.05) is 18.2 Å². The molecule has 1 aliphatic carbocycles. The topological polar surface area (TPSA) is 73.6 Å². The Kier molecular flexibility index (Phi) is 2.83. The fourth-order valence-corrected chi connectivity index (χ4v) is 2.16. The van der Waals surface area contributed by atoms with Crippen LogP contribution in [0.1, 0.15) is 23.2 Å². The van der Waals surface area contributed by atoms with Gasteiger partial charge in [-0.25, -0.2) is 0 Å². The van der Waals surface area contributed by atoms with Crippen LogP contribution < -0.4 is 20.5 Å². The highest BCUT2D eigenvalue weighted by Gasteiger charge is 2.31. The van der Waals surface area contributed by atoms with E-state index >= 15 is 0 Å². The monoisotopic (exact) mass is 248 g/mol. The molecule has 0 saturated heterocycles. The van der Waals surface area contributed by atoms with E-state index in [1.54, 1.807) is 18.2 Å². The standard InChI is InChI=1S/C13H16N2O3/c14-6-10(8-1-2-8)15-13(16)9-3-4-11-12(5-9)18-7-17-11/h3-5,8,10H,1-2,6-7,14H2,(H,15,16). The van der Waals surface area contributed by atoms with E-state index in [9.17, 15) is 4.79 Å². The molecule has 0 radical (unpaired) electrons. The fraction of sp³-hybridized carbons (Fsp3) is 0.462. The SMILES string of the molecule is NCC(NC(=O)c1ccc2c(c1)OCO2)C1CC1. The van der Waals surface area contributed by atoms with Crippen LogP contribution in [-0.4, -0.2) is 25.3 Å². The van der Waals surface area contributed by atoms with Crippen LogP contribution in [0.3, 0.4) is 0 Å². The van der Waals surface area contributed by atoms with Crippen LogP contribution in [0.25, 0.3) is 0 Å². The van der Waals surface area contributed by atoms with E-state index in [2.05, 4.69) is 5.32 Å². The molecule has 1 aromatic carbocycles. The van der Waals surface area contributed by atoms with Crippen LogP contribution >= 0.6 is 0 Å². The van der Waals surface area contributed by atoms with Crippen LogP contribution in [0.15, 0.2) is 18.2 Å². The van der Waals surface area contributed by atoms with Gasteiger partial charge in [0.1, 0.15) is 0 Å². The zero-order valence-electron chi connectivity index (χ0n) is 10.0. The largest absolute Gasteiger partial charge is 0.454 e. The molecule has 18 heavy (non-hydrogen) atoms. The van der Waals surface area contributed by atoms with E-state index in [1.807, 2.05) is 0 Å². The minimum atomic E-state index is -0.101. The first-order chi connectivity index (χ1) is 8.78. The molecule has 1 fully saturated rings. The second-order valence-corrected chi connectivity index (χ2v) is 4.72. The number of ether oxygens (including phenoxy) is 2. The van der Waals surface area contributed by atoms with Crippen molar-refractivity contribution in [2.24, 2.45) is 11.7 Å². The van der Waals surface area contributed by atoms with Gasteiger partial charge in [0.2, 0.25) is 6.79 Å². The summed E-state index contributed by atoms with van der Waals surface area (Å²) in [5, 5.41) is 2.98. The molecule has 3 N–H and O–H groups in total. The van der Waals surface area contributed by atoms with Crippen LogP contribution in [-0.2, 0) is 0 Å². The molecule has 2 aliphatic rings. The van der Waals surface area contributed by atoms with Gasteiger partial charge in [0.05, 0.1) is 0 Å². The van der Waals surface area contributed by atoms with Crippen molar-refractivity contribution in [2.75, 3.05) is 13.3 Å². The number of nitrogens with two attached hydrogens (primary N) is 1. The summed E-state index contributed by atoms with van der Waals surface area (Å²) >= 11 is 0. The number of rotatable bonds is 4. The van der Waals surface area contributed by atoms with Gasteiger partial charge in [-0.05, 0) is 37.0 Å². The number of benzene rings is 1. The van der Waals surface area contributed by atoms with Gasteiger partial charge in [0.25, 0.3) is 5.91 Å². The molecule has 1 aromatic rings. The number of carbonyl (C=O) groups is 1. The lowest BCUT2D eigenvalue weighted by molar-refractivity contribution is 0.0933. The van der Waals surface area contributed by atoms with Gasteiger partial charge >= 0.3 is 0 Å². The van der Waals surface area contributed by atoms with E-state index in [4.69, 9.17) is 15.2 Å². The molecule has 5 nitrogen and oxygen atoms in total. The Labute approximate surface area is 105 Å². The summed E-state index contributed by atoms with van der Waals surface area (Å²) < 4.78 is 10.5. The first-order valence-corrected chi connectivity index (χ1v) is 6.18. The third kappa shape index (κ3) is 2.13. The van der Waals surface area contributed by atoms with E-state index < -0.39 is 0 Å². The number of fused-ring (bicyclic) bond motifs is 1. The Morgan fingerprint density at radius 3 is 2.89 bits per heavy atom. The average molecular weight is 248 g/mol. The summed E-state index contributed by atoms with van der Waals surface area (Å²) in [5.74, 6) is 1.76. The lowest BCUT2D eigenvalue weighted by Crippen LogP contribution is -2.41. The minimum Gasteiger partial charge on any atom is -0.454 e. The van der Waals surface area contributed by atoms with Crippen molar-refractivity contribution < 1.29 is 14.3 Å². The highest BCUT2D eigenvalue weighted by atomic mass is 16.7. The molecule has 1 atom stereocenters. The molecule has 0 bridgehead atoms. The van der Waals surface area contributed by atoms with Crippen molar-refractivity contribution in [2.45, 2.75) is 18.9 Å². The number of hydrogen-bond acceptors (Lipinski definition) is 4. The fourth-order valence-electron chi connectivity index (χ4n) is 2.16. The molecule has 96 valence electrons. The van der Waals surface area contributed by atoms with Gasteiger partial charge in [-0.1, -0.05) is 0 Å². The Morgan fingerprint density at radius 2 is 2.17 bits per heavy atom. The zero-order chi connectivity index (χ0) is 12.5. The van der Waals surface area contributed by atoms with Gasteiger partial charge in [0.15, 0.2) is 11.5 Å². The van der Waals surface area contributed by atoms with Crippen molar-refractivity contribution >= 4 is 5.91 Å². The summed E-state index contributed by atoms with van der Waals surface area (Å²) in [6.45, 7) is 0.703. The van der Waals surface area contributed by atoms with Crippen LogP contribution in [0.5, 0.6) is 11.5 Å². The maximum absolute atomic E-state index is 12.1. The maximum Gasteiger partial charge on any atom is 0.251 e. The molecule has 0 spiro atoms. The summed E-state index contributed by atoms with van der Waals surface area (Å²) in [6.07, 6.45) is 2.31. The van der Waals surface area contributed by atoms with E-state index in [1.165, 1.54) is 0 Å². The molecule has 1 heterocycles. The predicted molar refractivity (Wildman–Crippen MR) is 65.6 cm³/mol. The second-order valence-electron chi connectivity index (χ2n) is 4.72. The number of nitrogens with one attached hydrogen (secondary N) is 1. The quantitative estimate of drug-likeness (QED) is 0.829. The normalized spacial score (nSPS) is 18.5. The molecular formula is C13H16N2O3. The van der Waals surface area contributed by atoms with Crippen molar-refractivity contribution in [1.82, 2.24) is 5.32 Å². The predicted octanol–water partition coefficient (Wildman–Crippen LogP) is 0.882.